The van der Waals surface area contributed by atoms with E-state index in [1.54, 1.807) is 7.05 Å². The monoisotopic (exact) mass is 226 g/mol. The first-order valence-corrected chi connectivity index (χ1v) is 4.59. The van der Waals surface area contributed by atoms with Gasteiger partial charge in [-0.1, -0.05) is 46.3 Å². The van der Waals surface area contributed by atoms with Crippen molar-refractivity contribution in [1.29, 1.82) is 0 Å². The van der Waals surface area contributed by atoms with Crippen LogP contribution < -0.4 is 5.73 Å². The smallest absolute Gasteiger partial charge is 0.104 e. The molecule has 0 saturated heterocycles. The first-order chi connectivity index (χ1) is 5.75. The molecule has 0 aliphatic carbocycles. The van der Waals surface area contributed by atoms with Crippen LogP contribution in [0.15, 0.2) is 35.3 Å². The van der Waals surface area contributed by atoms with Crippen molar-refractivity contribution >= 4 is 21.6 Å². The lowest BCUT2D eigenvalue weighted by atomic mass is 10.1. The van der Waals surface area contributed by atoms with Crippen molar-refractivity contribution in [3.05, 3.63) is 35.9 Å². The summed E-state index contributed by atoms with van der Waals surface area (Å²) in [7, 11) is 1.74. The molecule has 0 aliphatic heterocycles. The fourth-order valence-corrected chi connectivity index (χ4v) is 1.49. The molecule has 2 nitrogen and oxygen atoms in total. The molecule has 0 amide bonds. The number of aliphatic imine (C=N–C) groups is 1. The average molecular weight is 227 g/mol. The molecule has 1 aromatic rings. The van der Waals surface area contributed by atoms with E-state index in [1.807, 2.05) is 30.3 Å². The zero-order valence-electron chi connectivity index (χ0n) is 6.87. The molecule has 0 heterocycles. The number of hydrogen-bond acceptors (Lipinski definition) is 2. The highest BCUT2D eigenvalue weighted by molar-refractivity contribution is 9.10. The normalized spacial score (nSPS) is 14.4. The van der Waals surface area contributed by atoms with E-state index in [1.165, 1.54) is 0 Å². The number of nitrogens with two attached hydrogens (primary N) is 1. The minimum atomic E-state index is -0.190. The highest BCUT2D eigenvalue weighted by Gasteiger charge is 2.07. The largest absolute Gasteiger partial charge is 0.314 e. The Bertz CT molecular complexity index is 267. The average Bonchev–Trinajstić information content (AvgIpc) is 2.07. The molecular formula is C9H11BrN2. The van der Waals surface area contributed by atoms with Crippen LogP contribution in [0.1, 0.15) is 5.56 Å². The fraction of sp³-hybridized carbons (Fsp3) is 0.222. The van der Waals surface area contributed by atoms with Crippen LogP contribution in [0.5, 0.6) is 0 Å². The summed E-state index contributed by atoms with van der Waals surface area (Å²) in [6.45, 7) is 0. The van der Waals surface area contributed by atoms with E-state index >= 15 is 0 Å². The molecule has 0 saturated carbocycles. The molecule has 0 spiro atoms. The van der Waals surface area contributed by atoms with Gasteiger partial charge in [0.1, 0.15) is 4.95 Å². The zero-order chi connectivity index (χ0) is 8.97. The number of rotatable bonds is 2. The van der Waals surface area contributed by atoms with Gasteiger partial charge < -0.3 is 5.73 Å². The van der Waals surface area contributed by atoms with Crippen LogP contribution in [0.4, 0.5) is 0 Å². The molecule has 1 rings (SSSR count). The van der Waals surface area contributed by atoms with Crippen molar-refractivity contribution in [3.8, 4) is 0 Å². The van der Waals surface area contributed by atoms with Crippen LogP contribution in [-0.2, 0) is 0 Å². The highest BCUT2D eigenvalue weighted by atomic mass is 79.9. The van der Waals surface area contributed by atoms with Gasteiger partial charge in [0.2, 0.25) is 0 Å². The lowest BCUT2D eigenvalue weighted by molar-refractivity contribution is 1.21. The summed E-state index contributed by atoms with van der Waals surface area (Å²) in [5.41, 5.74) is 7.60. The van der Waals surface area contributed by atoms with Crippen LogP contribution in [0.25, 0.3) is 0 Å². The minimum Gasteiger partial charge on any atom is -0.314 e. The third kappa shape index (κ3) is 2.16. The Hall–Kier alpha value is -0.670. The molecule has 0 radical (unpaired) electrons. The highest BCUT2D eigenvalue weighted by Crippen LogP contribution is 2.06. The van der Waals surface area contributed by atoms with Gasteiger partial charge in [0.25, 0.3) is 0 Å². The second kappa shape index (κ2) is 4.38. The summed E-state index contributed by atoms with van der Waals surface area (Å²) in [5, 5.41) is 0. The third-order valence-corrected chi connectivity index (χ3v) is 2.01. The lowest BCUT2D eigenvalue weighted by Crippen LogP contribution is -2.24. The standard InChI is InChI=1S/C9H11BrN2/c1-12-8(9(10)11)7-5-3-2-4-6-7/h2-6,9H,11H2,1H3. The van der Waals surface area contributed by atoms with E-state index in [9.17, 15) is 0 Å². The zero-order valence-corrected chi connectivity index (χ0v) is 8.45. The topological polar surface area (TPSA) is 38.4 Å². The van der Waals surface area contributed by atoms with Gasteiger partial charge in [0.05, 0.1) is 5.71 Å². The summed E-state index contributed by atoms with van der Waals surface area (Å²) in [5.74, 6) is 0. The van der Waals surface area contributed by atoms with Crippen LogP contribution in [0.2, 0.25) is 0 Å². The van der Waals surface area contributed by atoms with Crippen molar-refractivity contribution in [1.82, 2.24) is 0 Å². The molecule has 2 N–H and O–H groups in total. The Morgan fingerprint density at radius 3 is 2.42 bits per heavy atom. The van der Waals surface area contributed by atoms with Crippen molar-refractivity contribution in [2.24, 2.45) is 10.7 Å². The van der Waals surface area contributed by atoms with Gasteiger partial charge in [-0.3, -0.25) is 4.99 Å². The fourth-order valence-electron chi connectivity index (χ4n) is 1.02. The summed E-state index contributed by atoms with van der Waals surface area (Å²) in [6.07, 6.45) is 0. The number of benzene rings is 1. The van der Waals surface area contributed by atoms with Crippen LogP contribution >= 0.6 is 15.9 Å². The van der Waals surface area contributed by atoms with E-state index in [4.69, 9.17) is 5.73 Å². The quantitative estimate of drug-likeness (QED) is 0.467. The van der Waals surface area contributed by atoms with E-state index in [0.717, 1.165) is 11.3 Å². The molecule has 1 unspecified atom stereocenters. The maximum absolute atomic E-state index is 5.67. The molecular weight excluding hydrogens is 216 g/mol. The van der Waals surface area contributed by atoms with E-state index in [0.29, 0.717) is 0 Å². The second-order valence-electron chi connectivity index (χ2n) is 2.38. The molecule has 0 bridgehead atoms. The Labute approximate surface area is 80.6 Å². The van der Waals surface area contributed by atoms with Crippen LogP contribution in [-0.4, -0.2) is 17.7 Å². The predicted octanol–water partition coefficient (Wildman–Crippen LogP) is 1.79. The van der Waals surface area contributed by atoms with Gasteiger partial charge >= 0.3 is 0 Å². The van der Waals surface area contributed by atoms with Gasteiger partial charge in [0.15, 0.2) is 0 Å². The summed E-state index contributed by atoms with van der Waals surface area (Å²) in [4.78, 5) is 3.91. The van der Waals surface area contributed by atoms with E-state index in [2.05, 4.69) is 20.9 Å². The lowest BCUT2D eigenvalue weighted by Gasteiger charge is -2.07. The maximum atomic E-state index is 5.67. The Morgan fingerprint density at radius 2 is 2.00 bits per heavy atom. The molecule has 64 valence electrons. The van der Waals surface area contributed by atoms with Crippen LogP contribution in [0, 0.1) is 0 Å². The van der Waals surface area contributed by atoms with Crippen molar-refractivity contribution < 1.29 is 0 Å². The first-order valence-electron chi connectivity index (χ1n) is 3.67. The van der Waals surface area contributed by atoms with Gasteiger partial charge in [-0.15, -0.1) is 0 Å². The van der Waals surface area contributed by atoms with E-state index in [-0.39, 0.29) is 4.95 Å². The number of alkyl halides is 1. The molecule has 1 atom stereocenters. The second-order valence-corrected chi connectivity index (χ2v) is 3.36. The predicted molar refractivity (Wildman–Crippen MR) is 55.8 cm³/mol. The van der Waals surface area contributed by atoms with Gasteiger partial charge in [-0.2, -0.15) is 0 Å². The van der Waals surface area contributed by atoms with Gasteiger partial charge in [-0.05, 0) is 5.56 Å². The summed E-state index contributed by atoms with van der Waals surface area (Å²) >= 11 is 3.28. The van der Waals surface area contributed by atoms with Crippen molar-refractivity contribution in [2.75, 3.05) is 7.05 Å². The SMILES string of the molecule is CN=C(c1ccccc1)C(N)Br. The minimum absolute atomic E-state index is 0.190. The Kier molecular flexibility index (Phi) is 3.44. The summed E-state index contributed by atoms with van der Waals surface area (Å²) < 4.78 is 0. The van der Waals surface area contributed by atoms with Crippen molar-refractivity contribution in [3.63, 3.8) is 0 Å². The Balaban J connectivity index is 2.97. The van der Waals surface area contributed by atoms with Gasteiger partial charge in [-0.25, -0.2) is 0 Å². The molecule has 12 heavy (non-hydrogen) atoms. The maximum Gasteiger partial charge on any atom is 0.104 e. The molecule has 1 aromatic carbocycles. The van der Waals surface area contributed by atoms with Crippen molar-refractivity contribution in [2.45, 2.75) is 4.95 Å². The molecule has 0 aromatic heterocycles. The number of halogens is 1. The van der Waals surface area contributed by atoms with Gasteiger partial charge in [0, 0.05) is 7.05 Å². The Morgan fingerprint density at radius 1 is 1.42 bits per heavy atom. The van der Waals surface area contributed by atoms with Crippen LogP contribution in [0.3, 0.4) is 0 Å². The molecule has 3 heteroatoms. The first kappa shape index (κ1) is 9.42. The number of hydrogen-bond donors (Lipinski definition) is 1. The molecule has 0 fully saturated rings. The number of nitrogens with zero attached hydrogens (tertiary/aromatic N) is 1. The third-order valence-electron chi connectivity index (χ3n) is 1.57. The summed E-state index contributed by atoms with van der Waals surface area (Å²) in [6, 6.07) is 9.88. The van der Waals surface area contributed by atoms with E-state index < -0.39 is 0 Å². The molecule has 0 aliphatic rings.